The molecule has 1 aliphatic rings. The van der Waals surface area contributed by atoms with Crippen LogP contribution in [-0.4, -0.2) is 66.3 Å². The van der Waals surface area contributed by atoms with E-state index < -0.39 is 18.5 Å². The fourth-order valence-corrected chi connectivity index (χ4v) is 2.62. The van der Waals surface area contributed by atoms with Crippen LogP contribution in [-0.2, 0) is 23.9 Å². The van der Waals surface area contributed by atoms with Gasteiger partial charge in [-0.25, -0.2) is 4.79 Å². The molecular formula is C19H23N3O5. The molecule has 0 saturated carbocycles. The molecule has 0 atom stereocenters. The molecule has 0 spiro atoms. The molecule has 1 aliphatic heterocycles. The molecule has 0 radical (unpaired) electrons. The topological polar surface area (TPSA) is 96.0 Å². The maximum absolute atomic E-state index is 12.3. The number of piperazine rings is 1. The van der Waals surface area contributed by atoms with Gasteiger partial charge in [-0.05, 0) is 11.6 Å². The van der Waals surface area contributed by atoms with Crippen molar-refractivity contribution in [2.24, 2.45) is 0 Å². The Bertz CT molecular complexity index is 737. The summed E-state index contributed by atoms with van der Waals surface area (Å²) >= 11 is 0. The van der Waals surface area contributed by atoms with Gasteiger partial charge in [0.1, 0.15) is 5.70 Å². The third kappa shape index (κ3) is 6.25. The third-order valence-corrected chi connectivity index (χ3v) is 4.05. The van der Waals surface area contributed by atoms with Gasteiger partial charge in [0.2, 0.25) is 11.8 Å². The molecule has 144 valence electrons. The number of hydrogen-bond acceptors (Lipinski definition) is 5. The van der Waals surface area contributed by atoms with E-state index >= 15 is 0 Å². The van der Waals surface area contributed by atoms with Gasteiger partial charge in [-0.15, -0.1) is 0 Å². The van der Waals surface area contributed by atoms with E-state index in [0.29, 0.717) is 31.7 Å². The van der Waals surface area contributed by atoms with Gasteiger partial charge in [0.15, 0.2) is 6.61 Å². The van der Waals surface area contributed by atoms with E-state index in [0.717, 1.165) is 0 Å². The molecule has 0 unspecified atom stereocenters. The third-order valence-electron chi connectivity index (χ3n) is 4.05. The zero-order chi connectivity index (χ0) is 19.8. The molecule has 3 amide bonds. The van der Waals surface area contributed by atoms with Crippen LogP contribution in [0.15, 0.2) is 36.0 Å². The first-order chi connectivity index (χ1) is 12.9. The zero-order valence-electron chi connectivity index (χ0n) is 15.4. The monoisotopic (exact) mass is 373 g/mol. The van der Waals surface area contributed by atoms with Crippen LogP contribution in [0.2, 0.25) is 0 Å². The number of carbonyl (C=O) groups is 4. The number of nitrogens with one attached hydrogen (secondary N) is 1. The molecule has 1 N–H and O–H groups in total. The lowest BCUT2D eigenvalue weighted by atomic mass is 10.2. The molecule has 1 fully saturated rings. The van der Waals surface area contributed by atoms with Crippen molar-refractivity contribution in [3.05, 3.63) is 41.6 Å². The van der Waals surface area contributed by atoms with Crippen molar-refractivity contribution in [1.82, 2.24) is 15.1 Å². The second-order valence-corrected chi connectivity index (χ2v) is 6.11. The molecule has 1 heterocycles. The Morgan fingerprint density at radius 3 is 2.15 bits per heavy atom. The summed E-state index contributed by atoms with van der Waals surface area (Å²) in [5.74, 6) is -1.57. The van der Waals surface area contributed by atoms with Crippen molar-refractivity contribution in [2.45, 2.75) is 13.8 Å². The maximum Gasteiger partial charge on any atom is 0.355 e. The average Bonchev–Trinajstić information content (AvgIpc) is 2.65. The highest BCUT2D eigenvalue weighted by Gasteiger charge is 2.23. The minimum Gasteiger partial charge on any atom is -0.451 e. The summed E-state index contributed by atoms with van der Waals surface area (Å²) in [5, 5.41) is 2.43. The van der Waals surface area contributed by atoms with Crippen LogP contribution in [0.4, 0.5) is 0 Å². The quantitative estimate of drug-likeness (QED) is 0.595. The lowest BCUT2D eigenvalue weighted by Crippen LogP contribution is -2.51. The summed E-state index contributed by atoms with van der Waals surface area (Å²) in [6, 6.07) is 8.97. The summed E-state index contributed by atoms with van der Waals surface area (Å²) in [6.07, 6.45) is 1.49. The molecular weight excluding hydrogens is 350 g/mol. The summed E-state index contributed by atoms with van der Waals surface area (Å²) in [7, 11) is 0. The van der Waals surface area contributed by atoms with Crippen molar-refractivity contribution in [3.8, 4) is 0 Å². The molecule has 0 aromatic heterocycles. The standard InChI is InChI=1S/C19H23N3O5/c1-14(23)20-17(12-16-6-4-3-5-7-16)19(26)27-13-18(25)22-10-8-21(9-11-22)15(2)24/h3-7,12H,8-11,13H2,1-2H3,(H,20,23)/b17-12-. The number of benzene rings is 1. The van der Waals surface area contributed by atoms with Crippen LogP contribution in [0.1, 0.15) is 19.4 Å². The molecule has 8 heteroatoms. The first-order valence-electron chi connectivity index (χ1n) is 8.61. The highest BCUT2D eigenvalue weighted by molar-refractivity contribution is 5.98. The Hall–Kier alpha value is -3.16. The van der Waals surface area contributed by atoms with Gasteiger partial charge in [-0.2, -0.15) is 0 Å². The predicted molar refractivity (Wildman–Crippen MR) is 98.0 cm³/mol. The predicted octanol–water partition coefficient (Wildman–Crippen LogP) is 0.398. The van der Waals surface area contributed by atoms with Crippen LogP contribution >= 0.6 is 0 Å². The zero-order valence-corrected chi connectivity index (χ0v) is 15.4. The van der Waals surface area contributed by atoms with Crippen molar-refractivity contribution in [2.75, 3.05) is 32.8 Å². The van der Waals surface area contributed by atoms with E-state index in [9.17, 15) is 19.2 Å². The molecule has 27 heavy (non-hydrogen) atoms. The Morgan fingerprint density at radius 1 is 1.00 bits per heavy atom. The normalized spacial score (nSPS) is 14.5. The van der Waals surface area contributed by atoms with E-state index in [2.05, 4.69) is 5.32 Å². The van der Waals surface area contributed by atoms with E-state index in [1.807, 2.05) is 6.07 Å². The van der Waals surface area contributed by atoms with Crippen LogP contribution in [0.5, 0.6) is 0 Å². The SMILES string of the molecule is CC(=O)N/C(=C\c1ccccc1)C(=O)OCC(=O)N1CCN(C(C)=O)CC1. The first-order valence-corrected chi connectivity index (χ1v) is 8.61. The minimum absolute atomic E-state index is 0.0282. The Kier molecular flexibility index (Phi) is 7.10. The molecule has 2 rings (SSSR count). The number of hydrogen-bond donors (Lipinski definition) is 1. The van der Waals surface area contributed by atoms with Crippen LogP contribution in [0, 0.1) is 0 Å². The number of carbonyl (C=O) groups excluding carboxylic acids is 4. The Balaban J connectivity index is 1.93. The largest absolute Gasteiger partial charge is 0.451 e. The smallest absolute Gasteiger partial charge is 0.355 e. The molecule has 0 aliphatic carbocycles. The lowest BCUT2D eigenvalue weighted by Gasteiger charge is -2.34. The van der Waals surface area contributed by atoms with Crippen molar-refractivity contribution in [3.63, 3.8) is 0 Å². The summed E-state index contributed by atoms with van der Waals surface area (Å²) in [4.78, 5) is 50.4. The molecule has 1 aromatic carbocycles. The van der Waals surface area contributed by atoms with Gasteiger partial charge in [-0.1, -0.05) is 30.3 Å². The molecule has 1 saturated heterocycles. The van der Waals surface area contributed by atoms with Crippen molar-refractivity contribution < 1.29 is 23.9 Å². The Labute approximate surface area is 157 Å². The second-order valence-electron chi connectivity index (χ2n) is 6.11. The number of amides is 3. The maximum atomic E-state index is 12.3. The second kappa shape index (κ2) is 9.51. The van der Waals surface area contributed by atoms with Crippen molar-refractivity contribution >= 4 is 29.8 Å². The summed E-state index contributed by atoms with van der Waals surface area (Å²) in [6.45, 7) is 4.06. The summed E-state index contributed by atoms with van der Waals surface area (Å²) < 4.78 is 5.07. The van der Waals surface area contributed by atoms with Crippen LogP contribution in [0.3, 0.4) is 0 Å². The van der Waals surface area contributed by atoms with Gasteiger partial charge in [-0.3, -0.25) is 14.4 Å². The molecule has 8 nitrogen and oxygen atoms in total. The number of ether oxygens (including phenoxy) is 1. The van der Waals surface area contributed by atoms with E-state index in [1.54, 1.807) is 34.1 Å². The van der Waals surface area contributed by atoms with E-state index in [-0.39, 0.29) is 17.5 Å². The van der Waals surface area contributed by atoms with Crippen LogP contribution < -0.4 is 5.32 Å². The van der Waals surface area contributed by atoms with Gasteiger partial charge in [0, 0.05) is 40.0 Å². The van der Waals surface area contributed by atoms with Crippen LogP contribution in [0.25, 0.3) is 6.08 Å². The number of nitrogens with zero attached hydrogens (tertiary/aromatic N) is 2. The summed E-state index contributed by atoms with van der Waals surface area (Å²) in [5.41, 5.74) is 0.674. The van der Waals surface area contributed by atoms with Gasteiger partial charge in [0.05, 0.1) is 0 Å². The Morgan fingerprint density at radius 2 is 1.59 bits per heavy atom. The van der Waals surface area contributed by atoms with Gasteiger partial charge >= 0.3 is 5.97 Å². The highest BCUT2D eigenvalue weighted by atomic mass is 16.5. The van der Waals surface area contributed by atoms with E-state index in [4.69, 9.17) is 4.74 Å². The van der Waals surface area contributed by atoms with Gasteiger partial charge < -0.3 is 19.9 Å². The van der Waals surface area contributed by atoms with Crippen molar-refractivity contribution in [1.29, 1.82) is 0 Å². The number of esters is 1. The van der Waals surface area contributed by atoms with E-state index in [1.165, 1.54) is 19.9 Å². The highest BCUT2D eigenvalue weighted by Crippen LogP contribution is 2.07. The van der Waals surface area contributed by atoms with Gasteiger partial charge in [0.25, 0.3) is 5.91 Å². The lowest BCUT2D eigenvalue weighted by molar-refractivity contribution is -0.150. The number of rotatable bonds is 5. The average molecular weight is 373 g/mol. The fraction of sp³-hybridized carbons (Fsp3) is 0.368. The fourth-order valence-electron chi connectivity index (χ4n) is 2.62. The molecule has 0 bridgehead atoms. The first kappa shape index (κ1) is 20.2. The molecule has 1 aromatic rings. The minimum atomic E-state index is -0.787.